The molecule has 0 saturated heterocycles. The molecular weight excluding hydrogens is 156 g/mol. The smallest absolute Gasteiger partial charge is 0.392 e. The van der Waals surface area contributed by atoms with E-state index >= 15 is 0 Å². The summed E-state index contributed by atoms with van der Waals surface area (Å²) in [5.74, 6) is 0. The molecule has 0 aromatic carbocycles. The highest BCUT2D eigenvalue weighted by Crippen LogP contribution is 2.27. The summed E-state index contributed by atoms with van der Waals surface area (Å²) in [5, 5.41) is 6.65. The Bertz CT molecular complexity index is 117. The van der Waals surface area contributed by atoms with Crippen LogP contribution in [-0.4, -0.2) is 17.9 Å². The Morgan fingerprint density at radius 3 is 2.11 bits per heavy atom. The molecule has 0 atom stereocenters. The summed E-state index contributed by atoms with van der Waals surface area (Å²) in [4.78, 5) is 0. The molecule has 54 valence electrons. The first-order valence-corrected chi connectivity index (χ1v) is 2.40. The molecule has 0 saturated carbocycles. The van der Waals surface area contributed by atoms with Crippen LogP contribution in [0, 0.1) is 0 Å². The topological polar surface area (TPSA) is 20.2 Å². The number of rotatable bonds is 1. The fraction of sp³-hybridized carbons (Fsp3) is 0.500. The normalized spacial score (nSPS) is 14.1. The van der Waals surface area contributed by atoms with Gasteiger partial charge in [0, 0.05) is 0 Å². The van der Waals surface area contributed by atoms with Gasteiger partial charge in [-0.3, -0.25) is 0 Å². The van der Waals surface area contributed by atoms with Crippen molar-refractivity contribution in [3.8, 4) is 0 Å². The van der Waals surface area contributed by atoms with E-state index in [1.54, 1.807) is 0 Å². The largest absolute Gasteiger partial charge is 0.426 e. The van der Waals surface area contributed by atoms with Gasteiger partial charge in [0.2, 0.25) is 0 Å². The second-order valence-electron chi connectivity index (χ2n) is 1.23. The van der Waals surface area contributed by atoms with Crippen molar-refractivity contribution in [3.05, 3.63) is 11.1 Å². The minimum absolute atomic E-state index is 0.488. The van der Waals surface area contributed by atoms with Crippen LogP contribution in [0.1, 0.15) is 0 Å². The molecule has 9 heavy (non-hydrogen) atoms. The van der Waals surface area contributed by atoms with Crippen LogP contribution in [0.25, 0.3) is 0 Å². The second-order valence-corrected chi connectivity index (χ2v) is 1.64. The van der Waals surface area contributed by atoms with Gasteiger partial charge in [0.1, 0.15) is 5.03 Å². The van der Waals surface area contributed by atoms with E-state index in [2.05, 4.69) is 11.6 Å². The average Bonchev–Trinajstić information content (AvgIpc) is 1.64. The minimum atomic E-state index is -4.52. The molecule has 0 aromatic heterocycles. The molecule has 0 aliphatic heterocycles. The van der Waals surface area contributed by atoms with E-state index in [0.717, 1.165) is 0 Å². The van der Waals surface area contributed by atoms with Gasteiger partial charge in [-0.25, -0.2) is 0 Å². The third-order valence-corrected chi connectivity index (χ3v) is 0.910. The Morgan fingerprint density at radius 1 is 1.56 bits per heavy atom. The summed E-state index contributed by atoms with van der Waals surface area (Å²) in [7, 11) is 0. The van der Waals surface area contributed by atoms with Gasteiger partial charge in [0.05, 0.1) is 6.61 Å². The first-order valence-electron chi connectivity index (χ1n) is 2.02. The highest BCUT2D eigenvalue weighted by Gasteiger charge is 2.31. The van der Waals surface area contributed by atoms with Gasteiger partial charge in [-0.05, 0) is 6.08 Å². The zero-order valence-corrected chi connectivity index (χ0v) is 5.00. The molecule has 0 heterocycles. The molecule has 0 rings (SSSR count). The number of halogens is 4. The van der Waals surface area contributed by atoms with Crippen LogP contribution in [0.5, 0.6) is 0 Å². The molecule has 0 bridgehead atoms. The fourth-order valence-corrected chi connectivity index (χ4v) is 0.265. The minimum Gasteiger partial charge on any atom is -0.392 e. The van der Waals surface area contributed by atoms with E-state index in [1.165, 1.54) is 0 Å². The lowest BCUT2D eigenvalue weighted by molar-refractivity contribution is -0.0849. The van der Waals surface area contributed by atoms with Gasteiger partial charge in [-0.15, -0.1) is 0 Å². The van der Waals surface area contributed by atoms with Gasteiger partial charge < -0.3 is 5.11 Å². The van der Waals surface area contributed by atoms with Crippen molar-refractivity contribution < 1.29 is 18.3 Å². The standard InChI is InChI=1S/C4H4ClF3O/c5-3(1-2-9)4(6,7)8/h1,9H,2H2/b3-1-. The molecule has 5 heteroatoms. The number of allylic oxidation sites excluding steroid dienone is 1. The molecule has 0 unspecified atom stereocenters. The molecule has 0 fully saturated rings. The van der Waals surface area contributed by atoms with Crippen LogP contribution in [-0.2, 0) is 0 Å². The summed E-state index contributed by atoms with van der Waals surface area (Å²) in [6.07, 6.45) is -4.04. The summed E-state index contributed by atoms with van der Waals surface area (Å²) in [6, 6.07) is 0. The molecule has 0 aromatic rings. The van der Waals surface area contributed by atoms with Crippen LogP contribution >= 0.6 is 11.6 Å². The lowest BCUT2D eigenvalue weighted by atomic mass is 10.5. The van der Waals surface area contributed by atoms with Gasteiger partial charge >= 0.3 is 6.18 Å². The number of alkyl halides is 3. The Morgan fingerprint density at radius 2 is 2.00 bits per heavy atom. The monoisotopic (exact) mass is 160 g/mol. The number of aliphatic hydroxyl groups is 1. The third kappa shape index (κ3) is 3.37. The van der Waals surface area contributed by atoms with Gasteiger partial charge in [-0.2, -0.15) is 13.2 Å². The summed E-state index contributed by atoms with van der Waals surface area (Å²) in [6.45, 7) is -0.696. The molecule has 1 nitrogen and oxygen atoms in total. The number of aliphatic hydroxyl groups excluding tert-OH is 1. The summed E-state index contributed by atoms with van der Waals surface area (Å²) < 4.78 is 34.0. The molecule has 1 N–H and O–H groups in total. The molecule has 0 aliphatic carbocycles. The maximum atomic E-state index is 11.3. The van der Waals surface area contributed by atoms with Crippen LogP contribution in [0.15, 0.2) is 11.1 Å². The van der Waals surface area contributed by atoms with E-state index in [-0.39, 0.29) is 0 Å². The number of hydrogen-bond acceptors (Lipinski definition) is 1. The van der Waals surface area contributed by atoms with Crippen molar-refractivity contribution in [2.75, 3.05) is 6.61 Å². The van der Waals surface area contributed by atoms with Crippen LogP contribution in [0.3, 0.4) is 0 Å². The Kier molecular flexibility index (Phi) is 3.00. The van der Waals surface area contributed by atoms with Crippen LogP contribution < -0.4 is 0 Å². The maximum absolute atomic E-state index is 11.3. The highest BCUT2D eigenvalue weighted by molar-refractivity contribution is 6.30. The second kappa shape index (κ2) is 3.08. The molecule has 0 radical (unpaired) electrons. The lowest BCUT2D eigenvalue weighted by Crippen LogP contribution is -2.07. The van der Waals surface area contributed by atoms with Crippen LogP contribution in [0.2, 0.25) is 0 Å². The van der Waals surface area contributed by atoms with E-state index in [4.69, 9.17) is 5.11 Å². The average molecular weight is 161 g/mol. The molecule has 0 amide bonds. The first kappa shape index (κ1) is 8.78. The molecule has 0 spiro atoms. The quantitative estimate of drug-likeness (QED) is 0.619. The van der Waals surface area contributed by atoms with Gasteiger partial charge in [-0.1, -0.05) is 11.6 Å². The van der Waals surface area contributed by atoms with Gasteiger partial charge in [0.25, 0.3) is 0 Å². The van der Waals surface area contributed by atoms with Crippen LogP contribution in [0.4, 0.5) is 13.2 Å². The fourth-order valence-electron chi connectivity index (χ4n) is 0.196. The maximum Gasteiger partial charge on any atom is 0.426 e. The number of hydrogen-bond donors (Lipinski definition) is 1. The Hall–Kier alpha value is -0.220. The van der Waals surface area contributed by atoms with Crippen molar-refractivity contribution in [1.82, 2.24) is 0 Å². The predicted molar refractivity (Wildman–Crippen MR) is 27.1 cm³/mol. The molecular formula is C4H4ClF3O. The Balaban J connectivity index is 4.03. The van der Waals surface area contributed by atoms with E-state index in [1.807, 2.05) is 0 Å². The van der Waals surface area contributed by atoms with Gasteiger partial charge in [0.15, 0.2) is 0 Å². The van der Waals surface area contributed by atoms with Crippen molar-refractivity contribution >= 4 is 11.6 Å². The SMILES string of the molecule is OC/C=C(\Cl)C(F)(F)F. The van der Waals surface area contributed by atoms with Crippen molar-refractivity contribution in [1.29, 1.82) is 0 Å². The lowest BCUT2D eigenvalue weighted by Gasteiger charge is -2.01. The third-order valence-electron chi connectivity index (χ3n) is 0.541. The predicted octanol–water partition coefficient (Wildman–Crippen LogP) is 1.66. The summed E-state index contributed by atoms with van der Waals surface area (Å²) in [5.41, 5.74) is 0. The van der Waals surface area contributed by atoms with E-state index < -0.39 is 17.8 Å². The van der Waals surface area contributed by atoms with Crippen molar-refractivity contribution in [3.63, 3.8) is 0 Å². The van der Waals surface area contributed by atoms with E-state index in [9.17, 15) is 13.2 Å². The van der Waals surface area contributed by atoms with E-state index in [0.29, 0.717) is 6.08 Å². The van der Waals surface area contributed by atoms with Crippen molar-refractivity contribution in [2.24, 2.45) is 0 Å². The first-order chi connectivity index (χ1) is 3.98. The molecule has 0 aliphatic rings. The zero-order chi connectivity index (χ0) is 7.49. The summed E-state index contributed by atoms with van der Waals surface area (Å²) >= 11 is 4.63. The highest BCUT2D eigenvalue weighted by atomic mass is 35.5. The Labute approximate surface area is 54.7 Å². The van der Waals surface area contributed by atoms with Crippen molar-refractivity contribution in [2.45, 2.75) is 6.18 Å². The zero-order valence-electron chi connectivity index (χ0n) is 4.24.